The summed E-state index contributed by atoms with van der Waals surface area (Å²) in [4.78, 5) is 10.5. The lowest BCUT2D eigenvalue weighted by Crippen LogP contribution is -2.19. The lowest BCUT2D eigenvalue weighted by atomic mass is 9.83. The second-order valence-electron chi connectivity index (χ2n) is 4.66. The van der Waals surface area contributed by atoms with Crippen molar-refractivity contribution in [2.24, 2.45) is 11.8 Å². The third-order valence-electron chi connectivity index (χ3n) is 3.11. The molecule has 1 aliphatic rings. The molecule has 0 saturated heterocycles. The normalized spacial score (nSPS) is 22.5. The highest BCUT2D eigenvalue weighted by Crippen LogP contribution is 2.28. The molecule has 0 amide bonds. The molecule has 0 aliphatic heterocycles. The van der Waals surface area contributed by atoms with E-state index in [1.807, 2.05) is 13.8 Å². The van der Waals surface area contributed by atoms with Crippen molar-refractivity contribution in [2.75, 3.05) is 5.75 Å². The van der Waals surface area contributed by atoms with E-state index in [0.29, 0.717) is 0 Å². The van der Waals surface area contributed by atoms with E-state index in [-0.39, 0.29) is 18.1 Å². The Labute approximate surface area is 121 Å². The summed E-state index contributed by atoms with van der Waals surface area (Å²) >= 11 is 3.43. The van der Waals surface area contributed by atoms with Gasteiger partial charge in [0.25, 0.3) is 5.92 Å². The summed E-state index contributed by atoms with van der Waals surface area (Å²) < 4.78 is 23.6. The molecule has 116 valence electrons. The second-order valence-corrected chi connectivity index (χ2v) is 4.98. The predicted molar refractivity (Wildman–Crippen MR) is 79.2 cm³/mol. The number of hydrogen-bond donors (Lipinski definition) is 2. The Kier molecular flexibility index (Phi) is 12.7. The monoisotopic (exact) mass is 298 g/mol. The molecule has 1 rings (SSSR count). The summed E-state index contributed by atoms with van der Waals surface area (Å²) in [7, 11) is 0. The molecule has 0 bridgehead atoms. The molecule has 1 aliphatic carbocycles. The van der Waals surface area contributed by atoms with Crippen molar-refractivity contribution >= 4 is 18.6 Å². The molecule has 5 heteroatoms. The summed E-state index contributed by atoms with van der Waals surface area (Å²) in [6.45, 7) is 7.63. The van der Waals surface area contributed by atoms with E-state index in [1.165, 1.54) is 6.92 Å². The highest BCUT2D eigenvalue weighted by Gasteiger charge is 2.23. The van der Waals surface area contributed by atoms with Crippen molar-refractivity contribution in [3.63, 3.8) is 0 Å². The third kappa shape index (κ3) is 11.2. The minimum atomic E-state index is -2.55. The van der Waals surface area contributed by atoms with Crippen LogP contribution in [0.25, 0.3) is 0 Å². The Morgan fingerprint density at radius 3 is 1.89 bits per heavy atom. The maximum atomic E-state index is 11.8. The molecule has 1 N–H and O–H groups in total. The van der Waals surface area contributed by atoms with Crippen LogP contribution in [0.15, 0.2) is 0 Å². The van der Waals surface area contributed by atoms with Crippen LogP contribution in [0.1, 0.15) is 59.8 Å². The Morgan fingerprint density at radius 1 is 1.26 bits per heavy atom. The molecule has 0 radical (unpaired) electrons. The van der Waals surface area contributed by atoms with E-state index in [4.69, 9.17) is 5.11 Å². The number of rotatable bonds is 3. The minimum Gasteiger partial charge on any atom is -0.481 e. The molecular weight excluding hydrogens is 270 g/mol. The average molecular weight is 298 g/mol. The molecule has 19 heavy (non-hydrogen) atoms. The van der Waals surface area contributed by atoms with Gasteiger partial charge in [-0.25, -0.2) is 8.78 Å². The Balaban J connectivity index is 0. The summed E-state index contributed by atoms with van der Waals surface area (Å²) in [6.07, 6.45) is 3.84. The fraction of sp³-hybridized carbons (Fsp3) is 0.929. The molecular formula is C14H28F2O2S. The van der Waals surface area contributed by atoms with Crippen molar-refractivity contribution in [1.29, 1.82) is 0 Å². The van der Waals surface area contributed by atoms with Crippen LogP contribution in [-0.4, -0.2) is 22.8 Å². The number of hydrogen-bond acceptors (Lipinski definition) is 2. The maximum absolute atomic E-state index is 11.8. The third-order valence-corrected chi connectivity index (χ3v) is 3.58. The van der Waals surface area contributed by atoms with Crippen molar-refractivity contribution in [3.8, 4) is 0 Å². The smallest absolute Gasteiger partial charge is 0.306 e. The van der Waals surface area contributed by atoms with E-state index in [2.05, 4.69) is 19.6 Å². The molecule has 1 fully saturated rings. The summed E-state index contributed by atoms with van der Waals surface area (Å²) in [5, 5.41) is 8.62. The van der Waals surface area contributed by atoms with Gasteiger partial charge in [0.15, 0.2) is 0 Å². The van der Waals surface area contributed by atoms with Crippen LogP contribution in [0.3, 0.4) is 0 Å². The first-order chi connectivity index (χ1) is 8.82. The van der Waals surface area contributed by atoms with Gasteiger partial charge in [0, 0.05) is 6.42 Å². The summed E-state index contributed by atoms with van der Waals surface area (Å²) in [5.41, 5.74) is 0. The molecule has 0 spiro atoms. The molecule has 1 saturated carbocycles. The van der Waals surface area contributed by atoms with Crippen molar-refractivity contribution < 1.29 is 18.7 Å². The van der Waals surface area contributed by atoms with Crippen LogP contribution in [0.2, 0.25) is 0 Å². The quantitative estimate of drug-likeness (QED) is 0.728. The zero-order chi connectivity index (χ0) is 15.5. The van der Waals surface area contributed by atoms with Gasteiger partial charge in [0.1, 0.15) is 0 Å². The second kappa shape index (κ2) is 11.5. The predicted octanol–water partition coefficient (Wildman–Crippen LogP) is 4.89. The van der Waals surface area contributed by atoms with Crippen molar-refractivity contribution in [3.05, 3.63) is 0 Å². The SMILES string of the molecule is CC.CC1CCC(C(=O)O)CC1.CCC(F)(F)CS. The first kappa shape index (κ1) is 21.0. The molecule has 0 heterocycles. The van der Waals surface area contributed by atoms with Gasteiger partial charge in [-0.15, -0.1) is 0 Å². The Bertz CT molecular complexity index is 221. The van der Waals surface area contributed by atoms with Gasteiger partial charge < -0.3 is 5.11 Å². The average Bonchev–Trinajstić information content (AvgIpc) is 2.42. The highest BCUT2D eigenvalue weighted by molar-refractivity contribution is 7.80. The van der Waals surface area contributed by atoms with Crippen LogP contribution < -0.4 is 0 Å². The van der Waals surface area contributed by atoms with E-state index < -0.39 is 11.9 Å². The maximum Gasteiger partial charge on any atom is 0.306 e. The van der Waals surface area contributed by atoms with E-state index in [1.54, 1.807) is 0 Å². The summed E-state index contributed by atoms with van der Waals surface area (Å²) in [6, 6.07) is 0. The van der Waals surface area contributed by atoms with Gasteiger partial charge in [-0.2, -0.15) is 12.6 Å². The first-order valence-corrected chi connectivity index (χ1v) is 7.67. The highest BCUT2D eigenvalue weighted by atomic mass is 32.1. The van der Waals surface area contributed by atoms with Crippen LogP contribution in [0, 0.1) is 11.8 Å². The number of alkyl halides is 2. The number of carboxylic acid groups (broad SMARTS) is 1. The zero-order valence-corrected chi connectivity index (χ0v) is 13.4. The number of halogens is 2. The molecule has 0 unspecified atom stereocenters. The zero-order valence-electron chi connectivity index (χ0n) is 12.5. The Morgan fingerprint density at radius 2 is 1.68 bits per heavy atom. The number of aliphatic carboxylic acids is 1. The number of thiol groups is 1. The minimum absolute atomic E-state index is 0.0452. The van der Waals surface area contributed by atoms with Gasteiger partial charge >= 0.3 is 5.97 Å². The fourth-order valence-corrected chi connectivity index (χ4v) is 1.84. The molecule has 0 aromatic rings. The molecule has 0 aromatic carbocycles. The van der Waals surface area contributed by atoms with Gasteiger partial charge in [0.05, 0.1) is 11.7 Å². The van der Waals surface area contributed by atoms with Crippen molar-refractivity contribution in [2.45, 2.75) is 65.7 Å². The number of carboxylic acids is 1. The van der Waals surface area contributed by atoms with Crippen molar-refractivity contribution in [1.82, 2.24) is 0 Å². The lowest BCUT2D eigenvalue weighted by molar-refractivity contribution is -0.143. The lowest BCUT2D eigenvalue weighted by Gasteiger charge is -2.22. The number of carbonyl (C=O) groups is 1. The Hall–Kier alpha value is -0.320. The first-order valence-electron chi connectivity index (χ1n) is 7.04. The topological polar surface area (TPSA) is 37.3 Å². The van der Waals surface area contributed by atoms with Gasteiger partial charge in [-0.1, -0.05) is 27.7 Å². The van der Waals surface area contributed by atoms with Gasteiger partial charge in [-0.3, -0.25) is 4.79 Å². The van der Waals surface area contributed by atoms with Crippen LogP contribution in [-0.2, 0) is 4.79 Å². The van der Waals surface area contributed by atoms with E-state index in [0.717, 1.165) is 31.6 Å². The van der Waals surface area contributed by atoms with E-state index >= 15 is 0 Å². The largest absolute Gasteiger partial charge is 0.481 e. The van der Waals surface area contributed by atoms with Crippen LogP contribution in [0.5, 0.6) is 0 Å². The van der Waals surface area contributed by atoms with Gasteiger partial charge in [-0.05, 0) is 31.6 Å². The summed E-state index contributed by atoms with van der Waals surface area (Å²) in [5.74, 6) is -2.80. The standard InChI is InChI=1S/C8H14O2.C4H8F2S.C2H6/c1-6-2-4-7(5-3-6)8(9)10;1-2-4(5,6)3-7;1-2/h6-7H,2-5H2,1H3,(H,9,10);7H,2-3H2,1H3;1-2H3. The van der Waals surface area contributed by atoms with E-state index in [9.17, 15) is 13.6 Å². The van der Waals surface area contributed by atoms with Crippen LogP contribution in [0.4, 0.5) is 8.78 Å². The molecule has 0 atom stereocenters. The van der Waals surface area contributed by atoms with Gasteiger partial charge in [0.2, 0.25) is 0 Å². The molecule has 2 nitrogen and oxygen atoms in total. The molecule has 0 aromatic heterocycles. The fourth-order valence-electron chi connectivity index (χ4n) is 1.62. The van der Waals surface area contributed by atoms with Crippen LogP contribution >= 0.6 is 12.6 Å².